The van der Waals surface area contributed by atoms with Gasteiger partial charge in [-0.3, -0.25) is 0 Å². The highest BCUT2D eigenvalue weighted by atomic mass is 79.9. The van der Waals surface area contributed by atoms with Gasteiger partial charge in [0.1, 0.15) is 18.1 Å². The zero-order valence-electron chi connectivity index (χ0n) is 22.4. The van der Waals surface area contributed by atoms with Gasteiger partial charge in [0.15, 0.2) is 12.3 Å². The molecule has 0 saturated carbocycles. The van der Waals surface area contributed by atoms with Crippen LogP contribution in [0.4, 0.5) is 17.3 Å². The van der Waals surface area contributed by atoms with Crippen molar-refractivity contribution in [2.75, 3.05) is 13.1 Å². The molecule has 2 aromatic rings. The molecule has 0 N–H and O–H groups in total. The van der Waals surface area contributed by atoms with Gasteiger partial charge in [-0.15, -0.1) is 0 Å². The van der Waals surface area contributed by atoms with Gasteiger partial charge in [-0.05, 0) is 84.7 Å². The molecule has 212 valence electrons. The number of hydrogen-bond acceptors (Lipinski definition) is 2. The Kier molecular flexibility index (Phi) is 11.7. The monoisotopic (exact) mass is 688 g/mol. The second-order valence-corrected chi connectivity index (χ2v) is 10.8. The number of ether oxygens (including phenoxy) is 1. The molecule has 3 nitrogen and oxygen atoms in total. The first-order chi connectivity index (χ1) is 19.5. The van der Waals surface area contributed by atoms with Crippen LogP contribution < -0.4 is 0 Å². The van der Waals surface area contributed by atoms with Gasteiger partial charge in [0.2, 0.25) is 0 Å². The fourth-order valence-electron chi connectivity index (χ4n) is 4.04. The van der Waals surface area contributed by atoms with Crippen LogP contribution in [0.15, 0.2) is 117 Å². The van der Waals surface area contributed by atoms with E-state index >= 15 is 0 Å². The first-order valence-electron chi connectivity index (χ1n) is 12.7. The standard InChI is InChI=1S/C31H27Br2N2O.BF4/c1-3-35(18-4-17-34)29-15-9-23(22(2)19-29)10-16-30-20-26(24-5-11-27(32)12-6-24)21-31(36-30)25-7-13-28(33)14-8-25;2-1(3,4)5/h5-16,19-21H,3-4,18H2,1-2H3;/q+1;-1. The summed E-state index contributed by atoms with van der Waals surface area (Å²) < 4.78 is 49.6. The van der Waals surface area contributed by atoms with Crippen molar-refractivity contribution in [1.29, 1.82) is 5.26 Å². The Hall–Kier alpha value is -3.42. The van der Waals surface area contributed by atoms with Crippen LogP contribution in [0, 0.1) is 11.3 Å². The minimum absolute atomic E-state index is 0.519. The van der Waals surface area contributed by atoms with Crippen LogP contribution in [0.3, 0.4) is 0 Å². The average Bonchev–Trinajstić information content (AvgIpc) is 2.93. The van der Waals surface area contributed by atoms with E-state index in [2.05, 4.69) is 129 Å². The lowest BCUT2D eigenvalue weighted by molar-refractivity contribution is -0.521. The zero-order chi connectivity index (χ0) is 30.0. The van der Waals surface area contributed by atoms with Gasteiger partial charge in [0.25, 0.3) is 0 Å². The van der Waals surface area contributed by atoms with Crippen LogP contribution in [0.2, 0.25) is 0 Å². The Morgan fingerprint density at radius 1 is 0.878 bits per heavy atom. The van der Waals surface area contributed by atoms with E-state index < -0.39 is 7.25 Å². The molecule has 0 bridgehead atoms. The number of benzene rings is 2. The van der Waals surface area contributed by atoms with Crippen LogP contribution in [-0.2, 0) is 4.74 Å². The predicted molar refractivity (Wildman–Crippen MR) is 165 cm³/mol. The summed E-state index contributed by atoms with van der Waals surface area (Å²) in [4.78, 5) is 0. The Balaban J connectivity index is 0.000000850. The summed E-state index contributed by atoms with van der Waals surface area (Å²) >= 11 is 7.04. The third-order valence-corrected chi connectivity index (χ3v) is 7.10. The smallest absolute Gasteiger partial charge is 0.457 e. The molecule has 2 aromatic carbocycles. The molecule has 0 fully saturated rings. The molecule has 1 aliphatic carbocycles. The normalized spacial score (nSPS) is 18.0. The molecular formula is C31H27BBr2F4N2O. The Bertz CT molecular complexity index is 1500. The summed E-state index contributed by atoms with van der Waals surface area (Å²) in [6.45, 7) is 5.84. The van der Waals surface area contributed by atoms with Crippen molar-refractivity contribution in [3.8, 4) is 6.07 Å². The minimum atomic E-state index is -6.00. The highest BCUT2D eigenvalue weighted by Crippen LogP contribution is 2.33. The van der Waals surface area contributed by atoms with Crippen LogP contribution in [-0.4, -0.2) is 30.6 Å². The lowest BCUT2D eigenvalue weighted by atomic mass is 9.98. The topological polar surface area (TPSA) is 36.0 Å². The zero-order valence-corrected chi connectivity index (χ0v) is 25.6. The molecule has 0 unspecified atom stereocenters. The van der Waals surface area contributed by atoms with Gasteiger partial charge in [-0.2, -0.15) is 5.26 Å². The van der Waals surface area contributed by atoms with Crippen LogP contribution in [0.25, 0.3) is 11.3 Å². The predicted octanol–water partition coefficient (Wildman–Crippen LogP) is 9.68. The maximum absolute atomic E-state index is 9.75. The van der Waals surface area contributed by atoms with E-state index in [9.17, 15) is 17.3 Å². The van der Waals surface area contributed by atoms with E-state index in [1.807, 2.05) is 18.2 Å². The molecule has 1 heterocycles. The van der Waals surface area contributed by atoms with Gasteiger partial charge < -0.3 is 22.0 Å². The Labute approximate surface area is 254 Å². The van der Waals surface area contributed by atoms with Crippen molar-refractivity contribution >= 4 is 56.2 Å². The van der Waals surface area contributed by atoms with E-state index in [4.69, 9.17) is 10.00 Å². The average molecular weight is 690 g/mol. The largest absolute Gasteiger partial charge is 0.673 e. The van der Waals surface area contributed by atoms with Crippen LogP contribution >= 0.6 is 31.9 Å². The van der Waals surface area contributed by atoms with E-state index in [-0.39, 0.29) is 0 Å². The molecule has 0 spiro atoms. The first-order valence-corrected chi connectivity index (χ1v) is 14.3. The Morgan fingerprint density at radius 3 is 2.00 bits per heavy atom. The molecule has 0 amide bonds. The molecule has 1 aliphatic heterocycles. The van der Waals surface area contributed by atoms with Crippen LogP contribution in [0.1, 0.15) is 31.4 Å². The highest BCUT2D eigenvalue weighted by molar-refractivity contribution is 9.10. The van der Waals surface area contributed by atoms with Gasteiger partial charge >= 0.3 is 7.25 Å². The SMILES string of the molecule is CC[N+](CCC#N)=C1C=CC(=CC=C2C=C(c3ccc(Br)cc3)C=C(c3ccc(Br)cc3)O2)C(C)=C1.F[B-](F)(F)F. The van der Waals surface area contributed by atoms with Crippen molar-refractivity contribution in [3.63, 3.8) is 0 Å². The molecule has 0 aromatic heterocycles. The van der Waals surface area contributed by atoms with Crippen LogP contribution in [0.5, 0.6) is 0 Å². The molecule has 0 atom stereocenters. The number of nitrogens with zero attached hydrogens (tertiary/aromatic N) is 2. The third kappa shape index (κ3) is 10.5. The molecular weight excluding hydrogens is 663 g/mol. The highest BCUT2D eigenvalue weighted by Gasteiger charge is 2.20. The van der Waals surface area contributed by atoms with Crippen molar-refractivity contribution in [1.82, 2.24) is 0 Å². The number of nitriles is 1. The van der Waals surface area contributed by atoms with Gasteiger partial charge in [-0.25, -0.2) is 4.58 Å². The molecule has 10 heteroatoms. The maximum Gasteiger partial charge on any atom is 0.673 e. The maximum atomic E-state index is 9.75. The number of hydrogen-bond donors (Lipinski definition) is 0. The van der Waals surface area contributed by atoms with E-state index in [1.165, 1.54) is 5.57 Å². The fraction of sp³-hybridized carbons (Fsp3) is 0.161. The second-order valence-electron chi connectivity index (χ2n) is 8.98. The third-order valence-electron chi connectivity index (χ3n) is 6.04. The van der Waals surface area contributed by atoms with Crippen molar-refractivity contribution in [2.24, 2.45) is 0 Å². The molecule has 41 heavy (non-hydrogen) atoms. The summed E-state index contributed by atoms with van der Waals surface area (Å²) in [5, 5.41) is 8.94. The summed E-state index contributed by atoms with van der Waals surface area (Å²) in [5.74, 6) is 1.59. The summed E-state index contributed by atoms with van der Waals surface area (Å²) in [5.41, 5.74) is 6.68. The van der Waals surface area contributed by atoms with Crippen molar-refractivity contribution in [2.45, 2.75) is 20.3 Å². The van der Waals surface area contributed by atoms with Gasteiger partial charge in [0.05, 0.1) is 12.5 Å². The summed E-state index contributed by atoms with van der Waals surface area (Å²) in [6.07, 6.45) is 15.2. The minimum Gasteiger partial charge on any atom is -0.457 e. The van der Waals surface area contributed by atoms with E-state index in [1.54, 1.807) is 0 Å². The lowest BCUT2D eigenvalue weighted by Gasteiger charge is -2.18. The van der Waals surface area contributed by atoms with E-state index in [0.717, 1.165) is 61.5 Å². The second kappa shape index (κ2) is 15.0. The Morgan fingerprint density at radius 2 is 1.46 bits per heavy atom. The number of rotatable bonds is 6. The molecule has 4 rings (SSSR count). The fourth-order valence-corrected chi connectivity index (χ4v) is 4.57. The number of allylic oxidation sites excluding steroid dienone is 10. The molecule has 0 radical (unpaired) electrons. The summed E-state index contributed by atoms with van der Waals surface area (Å²) in [6, 6.07) is 18.7. The summed E-state index contributed by atoms with van der Waals surface area (Å²) in [7, 11) is -6.00. The molecule has 0 saturated heterocycles. The first kappa shape index (κ1) is 32.1. The lowest BCUT2D eigenvalue weighted by Crippen LogP contribution is -2.21. The van der Waals surface area contributed by atoms with E-state index in [0.29, 0.717) is 6.42 Å². The number of halogens is 6. The van der Waals surface area contributed by atoms with Gasteiger partial charge in [-0.1, -0.05) is 62.2 Å². The quantitative estimate of drug-likeness (QED) is 0.172. The van der Waals surface area contributed by atoms with Crippen molar-refractivity contribution in [3.05, 3.63) is 128 Å². The van der Waals surface area contributed by atoms with Crippen molar-refractivity contribution < 1.29 is 26.6 Å². The van der Waals surface area contributed by atoms with Gasteiger partial charge in [0, 0.05) is 26.7 Å². The molecule has 2 aliphatic rings.